The number of nitrogen functional groups attached to an aromatic ring is 1. The van der Waals surface area contributed by atoms with Gasteiger partial charge in [0.25, 0.3) is 0 Å². The van der Waals surface area contributed by atoms with Gasteiger partial charge in [0.05, 0.1) is 0 Å². The van der Waals surface area contributed by atoms with Gasteiger partial charge in [-0.2, -0.15) is 0 Å². The SMILES string of the molecule is Nc1nc(C2CC3CCC2C3)nc2c1ncn2-c1ccccc1. The second-order valence-electron chi connectivity index (χ2n) is 6.87. The third kappa shape index (κ3) is 1.96. The predicted octanol–water partition coefficient (Wildman–Crippen LogP) is 3.30. The van der Waals surface area contributed by atoms with Crippen LogP contribution in [-0.4, -0.2) is 19.5 Å². The number of imidazole rings is 1. The first-order valence-electron chi connectivity index (χ1n) is 8.35. The Morgan fingerprint density at radius 2 is 1.91 bits per heavy atom. The topological polar surface area (TPSA) is 69.6 Å². The van der Waals surface area contributed by atoms with Gasteiger partial charge in [-0.05, 0) is 43.2 Å². The molecule has 2 aromatic heterocycles. The Morgan fingerprint density at radius 3 is 2.65 bits per heavy atom. The third-order valence-corrected chi connectivity index (χ3v) is 5.54. The van der Waals surface area contributed by atoms with Gasteiger partial charge >= 0.3 is 0 Å². The van der Waals surface area contributed by atoms with Crippen molar-refractivity contribution < 1.29 is 0 Å². The monoisotopic (exact) mass is 305 g/mol. The molecule has 2 heterocycles. The fraction of sp³-hybridized carbons (Fsp3) is 0.389. The van der Waals surface area contributed by atoms with Gasteiger partial charge in [-0.1, -0.05) is 24.6 Å². The molecule has 2 aliphatic carbocycles. The summed E-state index contributed by atoms with van der Waals surface area (Å²) in [5.41, 5.74) is 8.75. The van der Waals surface area contributed by atoms with Crippen molar-refractivity contribution in [3.8, 4) is 5.69 Å². The van der Waals surface area contributed by atoms with Crippen LogP contribution in [0.1, 0.15) is 37.4 Å². The van der Waals surface area contributed by atoms with Crippen molar-refractivity contribution >= 4 is 17.0 Å². The number of fused-ring (bicyclic) bond motifs is 3. The fourth-order valence-corrected chi connectivity index (χ4v) is 4.44. The average molecular weight is 305 g/mol. The molecule has 0 radical (unpaired) electrons. The van der Waals surface area contributed by atoms with Crippen LogP contribution in [0.3, 0.4) is 0 Å². The molecule has 5 heteroatoms. The Hall–Kier alpha value is -2.43. The van der Waals surface area contributed by atoms with Crippen molar-refractivity contribution in [1.82, 2.24) is 19.5 Å². The summed E-state index contributed by atoms with van der Waals surface area (Å²) in [5, 5.41) is 0. The molecule has 3 aromatic rings. The lowest BCUT2D eigenvalue weighted by Crippen LogP contribution is -2.14. The number of para-hydroxylation sites is 1. The second-order valence-corrected chi connectivity index (χ2v) is 6.87. The first-order chi connectivity index (χ1) is 11.3. The molecule has 3 atom stereocenters. The van der Waals surface area contributed by atoms with Crippen molar-refractivity contribution in [2.75, 3.05) is 5.73 Å². The largest absolute Gasteiger partial charge is 0.382 e. The lowest BCUT2D eigenvalue weighted by molar-refractivity contribution is 0.406. The van der Waals surface area contributed by atoms with Gasteiger partial charge in [0, 0.05) is 11.6 Å². The number of aromatic nitrogens is 4. The third-order valence-electron chi connectivity index (χ3n) is 5.54. The molecule has 0 aliphatic heterocycles. The molecule has 2 N–H and O–H groups in total. The molecule has 1 aromatic carbocycles. The highest BCUT2D eigenvalue weighted by Crippen LogP contribution is 2.52. The van der Waals surface area contributed by atoms with Gasteiger partial charge in [0.15, 0.2) is 17.0 Å². The van der Waals surface area contributed by atoms with E-state index in [2.05, 4.69) is 22.1 Å². The maximum atomic E-state index is 6.19. The quantitative estimate of drug-likeness (QED) is 0.788. The Morgan fingerprint density at radius 1 is 1.04 bits per heavy atom. The normalized spacial score (nSPS) is 26.2. The van der Waals surface area contributed by atoms with E-state index >= 15 is 0 Å². The molecule has 0 saturated heterocycles. The summed E-state index contributed by atoms with van der Waals surface area (Å²) in [6.45, 7) is 0. The Balaban J connectivity index is 1.65. The summed E-state index contributed by atoms with van der Waals surface area (Å²) >= 11 is 0. The van der Waals surface area contributed by atoms with Gasteiger partial charge in [0.2, 0.25) is 0 Å². The van der Waals surface area contributed by atoms with Crippen LogP contribution in [-0.2, 0) is 0 Å². The van der Waals surface area contributed by atoms with Crippen LogP contribution in [0, 0.1) is 11.8 Å². The van der Waals surface area contributed by atoms with E-state index in [0.29, 0.717) is 17.3 Å². The molecule has 0 amide bonds. The smallest absolute Gasteiger partial charge is 0.170 e. The molecule has 2 fully saturated rings. The summed E-state index contributed by atoms with van der Waals surface area (Å²) in [7, 11) is 0. The van der Waals surface area contributed by atoms with E-state index in [9.17, 15) is 0 Å². The van der Waals surface area contributed by atoms with E-state index in [1.807, 2.05) is 22.8 Å². The van der Waals surface area contributed by atoms with Crippen LogP contribution in [0.25, 0.3) is 16.9 Å². The van der Waals surface area contributed by atoms with E-state index < -0.39 is 0 Å². The highest BCUT2D eigenvalue weighted by molar-refractivity contribution is 5.83. The average Bonchev–Trinajstić information content (AvgIpc) is 3.30. The van der Waals surface area contributed by atoms with Gasteiger partial charge in [-0.15, -0.1) is 0 Å². The number of anilines is 1. The van der Waals surface area contributed by atoms with Crippen LogP contribution in [0.5, 0.6) is 0 Å². The van der Waals surface area contributed by atoms with Crippen molar-refractivity contribution in [2.24, 2.45) is 11.8 Å². The Bertz CT molecular complexity index is 870. The van der Waals surface area contributed by atoms with E-state index in [0.717, 1.165) is 29.0 Å². The van der Waals surface area contributed by atoms with Crippen molar-refractivity contribution in [3.63, 3.8) is 0 Å². The van der Waals surface area contributed by atoms with Gasteiger partial charge < -0.3 is 5.73 Å². The summed E-state index contributed by atoms with van der Waals surface area (Å²) in [6.07, 6.45) is 7.03. The molecular formula is C18H19N5. The summed E-state index contributed by atoms with van der Waals surface area (Å²) in [5.74, 6) is 3.50. The van der Waals surface area contributed by atoms with Gasteiger partial charge in [-0.25, -0.2) is 15.0 Å². The highest BCUT2D eigenvalue weighted by Gasteiger charge is 2.41. The highest BCUT2D eigenvalue weighted by atomic mass is 15.1. The molecule has 23 heavy (non-hydrogen) atoms. The van der Waals surface area contributed by atoms with Crippen LogP contribution < -0.4 is 5.73 Å². The molecule has 2 bridgehead atoms. The molecule has 5 rings (SSSR count). The van der Waals surface area contributed by atoms with E-state index in [1.165, 1.54) is 25.7 Å². The first kappa shape index (κ1) is 13.0. The Kier molecular flexibility index (Phi) is 2.71. The molecule has 116 valence electrons. The number of rotatable bonds is 2. The summed E-state index contributed by atoms with van der Waals surface area (Å²) in [4.78, 5) is 13.9. The van der Waals surface area contributed by atoms with Gasteiger partial charge in [-0.3, -0.25) is 4.57 Å². The van der Waals surface area contributed by atoms with E-state index in [4.69, 9.17) is 10.7 Å². The standard InChI is InChI=1S/C18H19N5/c19-16-15-18(23(10-20-15)13-4-2-1-3-5-13)22-17(21-16)14-9-11-6-7-12(14)8-11/h1-5,10-12,14H,6-9H2,(H2,19,21,22). The van der Waals surface area contributed by atoms with Crippen LogP contribution >= 0.6 is 0 Å². The molecule has 0 spiro atoms. The van der Waals surface area contributed by atoms with Crippen LogP contribution in [0.4, 0.5) is 5.82 Å². The zero-order chi connectivity index (χ0) is 15.4. The molecule has 2 aliphatic rings. The molecule has 3 unspecified atom stereocenters. The maximum Gasteiger partial charge on any atom is 0.170 e. The number of benzene rings is 1. The summed E-state index contributed by atoms with van der Waals surface area (Å²) in [6, 6.07) is 10.1. The minimum atomic E-state index is 0.472. The molecular weight excluding hydrogens is 286 g/mol. The Labute approximate surface area is 134 Å². The fourth-order valence-electron chi connectivity index (χ4n) is 4.44. The van der Waals surface area contributed by atoms with Crippen molar-refractivity contribution in [2.45, 2.75) is 31.6 Å². The molecule has 5 nitrogen and oxygen atoms in total. The minimum Gasteiger partial charge on any atom is -0.382 e. The minimum absolute atomic E-state index is 0.472. The zero-order valence-corrected chi connectivity index (χ0v) is 12.9. The molecule has 2 saturated carbocycles. The van der Waals surface area contributed by atoms with Crippen LogP contribution in [0.15, 0.2) is 36.7 Å². The van der Waals surface area contributed by atoms with Gasteiger partial charge in [0.1, 0.15) is 12.2 Å². The van der Waals surface area contributed by atoms with Crippen molar-refractivity contribution in [1.29, 1.82) is 0 Å². The predicted molar refractivity (Wildman–Crippen MR) is 89.3 cm³/mol. The maximum absolute atomic E-state index is 6.19. The number of hydrogen-bond donors (Lipinski definition) is 1. The van der Waals surface area contributed by atoms with Crippen molar-refractivity contribution in [3.05, 3.63) is 42.5 Å². The second kappa shape index (κ2) is 4.78. The summed E-state index contributed by atoms with van der Waals surface area (Å²) < 4.78 is 2.00. The van der Waals surface area contributed by atoms with E-state index in [1.54, 1.807) is 6.33 Å². The number of nitrogens with two attached hydrogens (primary N) is 1. The zero-order valence-electron chi connectivity index (χ0n) is 12.9. The lowest BCUT2D eigenvalue weighted by Gasteiger charge is -2.20. The van der Waals surface area contributed by atoms with E-state index in [-0.39, 0.29) is 0 Å². The van der Waals surface area contributed by atoms with Crippen LogP contribution in [0.2, 0.25) is 0 Å². The lowest BCUT2D eigenvalue weighted by atomic mass is 9.88. The number of nitrogens with zero attached hydrogens (tertiary/aromatic N) is 4. The first-order valence-corrected chi connectivity index (χ1v) is 8.35. The number of hydrogen-bond acceptors (Lipinski definition) is 4.